The van der Waals surface area contributed by atoms with Gasteiger partial charge in [-0.1, -0.05) is 11.6 Å². The molecule has 102 valence electrons. The number of aromatic carboxylic acids is 1. The molecule has 1 aromatic heterocycles. The molecule has 0 spiro atoms. The summed E-state index contributed by atoms with van der Waals surface area (Å²) in [5.41, 5.74) is -0.254. The molecule has 0 radical (unpaired) electrons. The smallest absolute Gasteiger partial charge is 0.335 e. The number of rotatable bonds is 3. The summed E-state index contributed by atoms with van der Waals surface area (Å²) in [6, 6.07) is 6.13. The topological polar surface area (TPSA) is 79.3 Å². The van der Waals surface area contributed by atoms with E-state index in [1.54, 1.807) is 0 Å². The number of nitrogens with one attached hydrogen (secondary N) is 1. The number of hydrogen-bond acceptors (Lipinski definition) is 3. The van der Waals surface area contributed by atoms with Gasteiger partial charge in [0, 0.05) is 6.20 Å². The maximum atomic E-state index is 13.7. The molecule has 2 rings (SSSR count). The van der Waals surface area contributed by atoms with Crippen LogP contribution >= 0.6 is 11.6 Å². The van der Waals surface area contributed by atoms with Crippen molar-refractivity contribution in [1.82, 2.24) is 4.98 Å². The molecular formula is C13H8ClFN2O3. The van der Waals surface area contributed by atoms with E-state index in [0.717, 1.165) is 6.07 Å². The van der Waals surface area contributed by atoms with Crippen LogP contribution in [0.5, 0.6) is 0 Å². The van der Waals surface area contributed by atoms with Gasteiger partial charge in [0.25, 0.3) is 5.91 Å². The number of halogens is 2. The number of carbonyl (C=O) groups is 2. The largest absolute Gasteiger partial charge is 0.478 e. The van der Waals surface area contributed by atoms with Crippen molar-refractivity contribution in [3.8, 4) is 0 Å². The summed E-state index contributed by atoms with van der Waals surface area (Å²) in [6.45, 7) is 0. The molecule has 1 aromatic carbocycles. The van der Waals surface area contributed by atoms with Crippen LogP contribution < -0.4 is 5.32 Å². The molecule has 0 unspecified atom stereocenters. The van der Waals surface area contributed by atoms with Crippen LogP contribution in [-0.4, -0.2) is 22.0 Å². The number of anilines is 1. The lowest BCUT2D eigenvalue weighted by molar-refractivity contribution is 0.0696. The minimum absolute atomic E-state index is 0.00688. The summed E-state index contributed by atoms with van der Waals surface area (Å²) in [5.74, 6) is -2.74. The number of amides is 1. The van der Waals surface area contributed by atoms with Gasteiger partial charge in [0.2, 0.25) is 0 Å². The highest BCUT2D eigenvalue weighted by Gasteiger charge is 2.14. The van der Waals surface area contributed by atoms with Gasteiger partial charge in [-0.2, -0.15) is 0 Å². The van der Waals surface area contributed by atoms with Crippen LogP contribution in [0.3, 0.4) is 0 Å². The molecule has 0 aliphatic carbocycles. The number of carboxylic acids is 1. The quantitative estimate of drug-likeness (QED) is 0.853. The minimum atomic E-state index is -1.25. The Morgan fingerprint density at radius 2 is 2.05 bits per heavy atom. The second-order valence-corrected chi connectivity index (χ2v) is 4.15. The number of pyridine rings is 1. The molecule has 0 aliphatic rings. The summed E-state index contributed by atoms with van der Waals surface area (Å²) in [5, 5.41) is 11.0. The Kier molecular flexibility index (Phi) is 3.95. The number of carbonyl (C=O) groups excluding carboxylic acids is 1. The maximum Gasteiger partial charge on any atom is 0.335 e. The van der Waals surface area contributed by atoms with Gasteiger partial charge < -0.3 is 10.4 Å². The molecule has 20 heavy (non-hydrogen) atoms. The van der Waals surface area contributed by atoms with Crippen molar-refractivity contribution in [2.45, 2.75) is 0 Å². The van der Waals surface area contributed by atoms with Crippen molar-refractivity contribution in [2.24, 2.45) is 0 Å². The van der Waals surface area contributed by atoms with Gasteiger partial charge in [0.1, 0.15) is 11.0 Å². The summed E-state index contributed by atoms with van der Waals surface area (Å²) in [6.07, 6.45) is 1.42. The van der Waals surface area contributed by atoms with Gasteiger partial charge in [-0.25, -0.2) is 14.2 Å². The van der Waals surface area contributed by atoms with Gasteiger partial charge in [0.05, 0.1) is 16.8 Å². The van der Waals surface area contributed by atoms with Crippen LogP contribution in [-0.2, 0) is 0 Å². The maximum absolute atomic E-state index is 13.7. The fourth-order valence-corrected chi connectivity index (χ4v) is 1.70. The zero-order valence-electron chi connectivity index (χ0n) is 9.93. The van der Waals surface area contributed by atoms with Crippen LogP contribution in [0.2, 0.25) is 5.15 Å². The standard InChI is InChI=1S/C13H8ClFN2O3/c14-11-8(2-1-5-16-11)12(18)17-10-4-3-7(13(19)20)6-9(10)15/h1-6H,(H,17,18)(H,19,20). The average Bonchev–Trinajstić information content (AvgIpc) is 2.41. The van der Waals surface area contributed by atoms with Crippen LogP contribution in [0.4, 0.5) is 10.1 Å². The SMILES string of the molecule is O=C(O)c1ccc(NC(=O)c2cccnc2Cl)c(F)c1. The van der Waals surface area contributed by atoms with E-state index in [1.165, 1.54) is 30.5 Å². The normalized spacial score (nSPS) is 10.1. The molecule has 7 heteroatoms. The molecule has 0 bridgehead atoms. The van der Waals surface area contributed by atoms with Gasteiger partial charge in [0.15, 0.2) is 0 Å². The molecule has 0 fully saturated rings. The van der Waals surface area contributed by atoms with Crippen molar-refractivity contribution in [1.29, 1.82) is 0 Å². The highest BCUT2D eigenvalue weighted by Crippen LogP contribution is 2.19. The van der Waals surface area contributed by atoms with E-state index in [-0.39, 0.29) is 22.0 Å². The lowest BCUT2D eigenvalue weighted by Crippen LogP contribution is -2.14. The Morgan fingerprint density at radius 1 is 1.30 bits per heavy atom. The number of aromatic nitrogens is 1. The monoisotopic (exact) mass is 294 g/mol. The van der Waals surface area contributed by atoms with Gasteiger partial charge in [-0.15, -0.1) is 0 Å². The Bertz CT molecular complexity index is 691. The van der Waals surface area contributed by atoms with E-state index < -0.39 is 17.7 Å². The van der Waals surface area contributed by atoms with E-state index in [0.29, 0.717) is 0 Å². The van der Waals surface area contributed by atoms with E-state index in [2.05, 4.69) is 10.3 Å². The predicted molar refractivity (Wildman–Crippen MR) is 70.6 cm³/mol. The van der Waals surface area contributed by atoms with E-state index in [9.17, 15) is 14.0 Å². The first-order valence-corrected chi connectivity index (χ1v) is 5.81. The zero-order valence-corrected chi connectivity index (χ0v) is 10.7. The third kappa shape index (κ3) is 2.92. The van der Waals surface area contributed by atoms with E-state index in [1.807, 2.05) is 0 Å². The molecule has 2 N–H and O–H groups in total. The van der Waals surface area contributed by atoms with E-state index in [4.69, 9.17) is 16.7 Å². The lowest BCUT2D eigenvalue weighted by atomic mass is 10.2. The first-order chi connectivity index (χ1) is 9.49. The number of nitrogens with zero attached hydrogens (tertiary/aromatic N) is 1. The fraction of sp³-hybridized carbons (Fsp3) is 0. The Morgan fingerprint density at radius 3 is 2.65 bits per heavy atom. The molecule has 2 aromatic rings. The third-order valence-electron chi connectivity index (χ3n) is 2.47. The van der Waals surface area contributed by atoms with Crippen molar-refractivity contribution >= 4 is 29.2 Å². The molecule has 1 amide bonds. The number of carboxylic acid groups (broad SMARTS) is 1. The Hall–Kier alpha value is -2.47. The summed E-state index contributed by atoms with van der Waals surface area (Å²) in [4.78, 5) is 26.3. The minimum Gasteiger partial charge on any atom is -0.478 e. The van der Waals surface area contributed by atoms with Gasteiger partial charge >= 0.3 is 5.97 Å². The molecule has 0 saturated heterocycles. The predicted octanol–water partition coefficient (Wildman–Crippen LogP) is 2.82. The first kappa shape index (κ1) is 14.0. The highest BCUT2D eigenvalue weighted by molar-refractivity contribution is 6.33. The van der Waals surface area contributed by atoms with Crippen LogP contribution in [0, 0.1) is 5.82 Å². The van der Waals surface area contributed by atoms with Crippen LogP contribution in [0.25, 0.3) is 0 Å². The molecule has 0 atom stereocenters. The van der Waals surface area contributed by atoms with Gasteiger partial charge in [-0.3, -0.25) is 4.79 Å². The molecule has 0 aliphatic heterocycles. The average molecular weight is 295 g/mol. The molecule has 5 nitrogen and oxygen atoms in total. The Labute approximate surface area is 118 Å². The molecular weight excluding hydrogens is 287 g/mol. The third-order valence-corrected chi connectivity index (χ3v) is 2.77. The van der Waals surface area contributed by atoms with Crippen LogP contribution in [0.1, 0.15) is 20.7 Å². The second kappa shape index (κ2) is 5.66. The number of benzene rings is 1. The number of hydrogen-bond donors (Lipinski definition) is 2. The van der Waals surface area contributed by atoms with Crippen LogP contribution in [0.15, 0.2) is 36.5 Å². The van der Waals surface area contributed by atoms with Crippen molar-refractivity contribution in [3.63, 3.8) is 0 Å². The Balaban J connectivity index is 2.25. The van der Waals surface area contributed by atoms with E-state index >= 15 is 0 Å². The first-order valence-electron chi connectivity index (χ1n) is 5.44. The van der Waals surface area contributed by atoms with Crippen molar-refractivity contribution in [2.75, 3.05) is 5.32 Å². The molecule has 0 saturated carbocycles. The lowest BCUT2D eigenvalue weighted by Gasteiger charge is -2.07. The van der Waals surface area contributed by atoms with Crippen molar-refractivity contribution in [3.05, 3.63) is 58.6 Å². The van der Waals surface area contributed by atoms with Gasteiger partial charge in [-0.05, 0) is 30.3 Å². The van der Waals surface area contributed by atoms with Crippen molar-refractivity contribution < 1.29 is 19.1 Å². The summed E-state index contributed by atoms with van der Waals surface area (Å²) < 4.78 is 13.7. The molecule has 1 heterocycles. The summed E-state index contributed by atoms with van der Waals surface area (Å²) in [7, 11) is 0. The summed E-state index contributed by atoms with van der Waals surface area (Å²) >= 11 is 5.75. The zero-order chi connectivity index (χ0) is 14.7. The highest BCUT2D eigenvalue weighted by atomic mass is 35.5. The second-order valence-electron chi connectivity index (χ2n) is 3.80. The fourth-order valence-electron chi connectivity index (χ4n) is 1.49.